The van der Waals surface area contributed by atoms with E-state index >= 15 is 0 Å². The van der Waals surface area contributed by atoms with Crippen molar-refractivity contribution >= 4 is 5.97 Å². The van der Waals surface area contributed by atoms with Crippen molar-refractivity contribution in [3.05, 3.63) is 34.9 Å². The fourth-order valence-corrected chi connectivity index (χ4v) is 1.34. The summed E-state index contributed by atoms with van der Waals surface area (Å²) in [4.78, 5) is 10.9. The molecule has 1 rings (SSSR count). The highest BCUT2D eigenvalue weighted by molar-refractivity contribution is 5.74. The number of carbonyl (C=O) groups excluding carboxylic acids is 1. The van der Waals surface area contributed by atoms with Crippen LogP contribution < -0.4 is 0 Å². The Balaban J connectivity index is 2.90. The van der Waals surface area contributed by atoms with Crippen LogP contribution in [0.1, 0.15) is 11.1 Å². The Kier molecular flexibility index (Phi) is 3.95. The van der Waals surface area contributed by atoms with Gasteiger partial charge in [0, 0.05) is 6.42 Å². The van der Waals surface area contributed by atoms with Gasteiger partial charge in [-0.3, -0.25) is 0 Å². The minimum atomic E-state index is -1.37. The van der Waals surface area contributed by atoms with Gasteiger partial charge in [0.05, 0.1) is 7.11 Å². The van der Waals surface area contributed by atoms with Crippen LogP contribution in [0.4, 0.5) is 8.78 Å². The number of aliphatic hydroxyl groups is 1. The number of ether oxygens (including phenoxy) is 1. The molecule has 0 fully saturated rings. The van der Waals surface area contributed by atoms with Gasteiger partial charge in [0.1, 0.15) is 0 Å². The summed E-state index contributed by atoms with van der Waals surface area (Å²) in [7, 11) is 1.14. The maximum absolute atomic E-state index is 13.2. The summed E-state index contributed by atoms with van der Waals surface area (Å²) in [6.07, 6.45) is -1.47. The van der Waals surface area contributed by atoms with Crippen LogP contribution in [0.15, 0.2) is 12.1 Å². The number of benzene rings is 1. The van der Waals surface area contributed by atoms with Crippen LogP contribution in [0.2, 0.25) is 0 Å². The lowest BCUT2D eigenvalue weighted by Crippen LogP contribution is -2.24. The Morgan fingerprint density at radius 3 is 2.69 bits per heavy atom. The number of methoxy groups -OCH3 is 1. The average molecular weight is 230 g/mol. The molecule has 0 radical (unpaired) electrons. The average Bonchev–Trinajstić information content (AvgIpc) is 2.28. The third-order valence-electron chi connectivity index (χ3n) is 2.34. The standard InChI is InChI=1S/C11H12F2O3/c1-6-7(3-4-8(12)10(6)13)5-9(14)11(15)16-2/h3-4,9,14H,5H2,1-2H3. The molecule has 1 atom stereocenters. The highest BCUT2D eigenvalue weighted by atomic mass is 19.2. The Morgan fingerprint density at radius 1 is 1.50 bits per heavy atom. The van der Waals surface area contributed by atoms with Crippen LogP contribution in [-0.4, -0.2) is 24.3 Å². The predicted octanol–water partition coefficient (Wildman–Crippen LogP) is 1.35. The minimum absolute atomic E-state index is 0.0861. The summed E-state index contributed by atoms with van der Waals surface area (Å²) in [6.45, 7) is 1.39. The summed E-state index contributed by atoms with van der Waals surface area (Å²) in [5.74, 6) is -2.72. The zero-order chi connectivity index (χ0) is 12.3. The molecular formula is C11H12F2O3. The third kappa shape index (κ3) is 2.55. The molecule has 88 valence electrons. The molecule has 5 heteroatoms. The molecule has 1 unspecified atom stereocenters. The molecule has 0 aliphatic rings. The molecule has 1 aromatic carbocycles. The van der Waals surface area contributed by atoms with Gasteiger partial charge in [0.2, 0.25) is 0 Å². The molecule has 16 heavy (non-hydrogen) atoms. The lowest BCUT2D eigenvalue weighted by Gasteiger charge is -2.11. The van der Waals surface area contributed by atoms with E-state index in [-0.39, 0.29) is 12.0 Å². The minimum Gasteiger partial charge on any atom is -0.467 e. The smallest absolute Gasteiger partial charge is 0.335 e. The van der Waals surface area contributed by atoms with E-state index in [2.05, 4.69) is 4.74 Å². The fraction of sp³-hybridized carbons (Fsp3) is 0.364. The molecule has 0 bridgehead atoms. The maximum Gasteiger partial charge on any atom is 0.335 e. The molecule has 1 N–H and O–H groups in total. The molecule has 0 heterocycles. The second kappa shape index (κ2) is 5.03. The zero-order valence-corrected chi connectivity index (χ0v) is 8.96. The number of carbonyl (C=O) groups is 1. The molecule has 0 amide bonds. The van der Waals surface area contributed by atoms with Gasteiger partial charge in [-0.1, -0.05) is 6.07 Å². The number of esters is 1. The second-order valence-corrected chi connectivity index (χ2v) is 3.39. The monoisotopic (exact) mass is 230 g/mol. The Bertz CT molecular complexity index is 404. The van der Waals surface area contributed by atoms with Crippen LogP contribution in [0, 0.1) is 18.6 Å². The molecule has 1 aromatic rings. The molecule has 0 saturated heterocycles. The van der Waals surface area contributed by atoms with Crippen molar-refractivity contribution in [2.75, 3.05) is 7.11 Å². The Hall–Kier alpha value is -1.49. The van der Waals surface area contributed by atoms with Gasteiger partial charge in [0.15, 0.2) is 17.7 Å². The van der Waals surface area contributed by atoms with Gasteiger partial charge in [-0.2, -0.15) is 0 Å². The molecular weight excluding hydrogens is 218 g/mol. The van der Waals surface area contributed by atoms with E-state index < -0.39 is 23.7 Å². The van der Waals surface area contributed by atoms with E-state index in [0.29, 0.717) is 5.56 Å². The number of halogens is 2. The van der Waals surface area contributed by atoms with Crippen LogP contribution >= 0.6 is 0 Å². The van der Waals surface area contributed by atoms with Crippen molar-refractivity contribution in [1.82, 2.24) is 0 Å². The van der Waals surface area contributed by atoms with Gasteiger partial charge < -0.3 is 9.84 Å². The predicted molar refractivity (Wildman–Crippen MR) is 52.8 cm³/mol. The van der Waals surface area contributed by atoms with Crippen molar-refractivity contribution in [3.8, 4) is 0 Å². The van der Waals surface area contributed by atoms with Gasteiger partial charge in [-0.25, -0.2) is 13.6 Å². The van der Waals surface area contributed by atoms with E-state index in [4.69, 9.17) is 0 Å². The number of rotatable bonds is 3. The van der Waals surface area contributed by atoms with E-state index in [1.807, 2.05) is 0 Å². The third-order valence-corrected chi connectivity index (χ3v) is 2.34. The summed E-state index contributed by atoms with van der Waals surface area (Å²) in [5.41, 5.74) is 0.458. The number of hydrogen-bond acceptors (Lipinski definition) is 3. The summed E-state index contributed by atoms with van der Waals surface area (Å²) in [5, 5.41) is 9.37. The summed E-state index contributed by atoms with van der Waals surface area (Å²) < 4.78 is 30.3. The molecule has 0 saturated carbocycles. The highest BCUT2D eigenvalue weighted by Crippen LogP contribution is 2.17. The van der Waals surface area contributed by atoms with E-state index in [0.717, 1.165) is 13.2 Å². The van der Waals surface area contributed by atoms with Crippen LogP contribution in [0.3, 0.4) is 0 Å². The fourth-order valence-electron chi connectivity index (χ4n) is 1.34. The highest BCUT2D eigenvalue weighted by Gasteiger charge is 2.18. The van der Waals surface area contributed by atoms with Crippen LogP contribution in [-0.2, 0) is 16.0 Å². The Morgan fingerprint density at radius 2 is 2.12 bits per heavy atom. The van der Waals surface area contributed by atoms with Gasteiger partial charge in [-0.15, -0.1) is 0 Å². The van der Waals surface area contributed by atoms with Crippen molar-refractivity contribution in [2.45, 2.75) is 19.4 Å². The number of aliphatic hydroxyl groups excluding tert-OH is 1. The van der Waals surface area contributed by atoms with Crippen molar-refractivity contribution in [1.29, 1.82) is 0 Å². The topological polar surface area (TPSA) is 46.5 Å². The van der Waals surface area contributed by atoms with Gasteiger partial charge >= 0.3 is 5.97 Å². The lowest BCUT2D eigenvalue weighted by atomic mass is 10.0. The maximum atomic E-state index is 13.2. The molecule has 0 aliphatic heterocycles. The first-order chi connectivity index (χ1) is 7.47. The largest absolute Gasteiger partial charge is 0.467 e. The van der Waals surface area contributed by atoms with Crippen molar-refractivity contribution in [3.63, 3.8) is 0 Å². The second-order valence-electron chi connectivity index (χ2n) is 3.39. The SMILES string of the molecule is COC(=O)C(O)Cc1ccc(F)c(F)c1C. The molecule has 3 nitrogen and oxygen atoms in total. The quantitative estimate of drug-likeness (QED) is 0.797. The first-order valence-electron chi connectivity index (χ1n) is 4.66. The van der Waals surface area contributed by atoms with E-state index in [1.54, 1.807) is 0 Å². The first-order valence-corrected chi connectivity index (χ1v) is 4.66. The normalized spacial score (nSPS) is 12.3. The lowest BCUT2D eigenvalue weighted by molar-refractivity contribution is -0.150. The van der Waals surface area contributed by atoms with E-state index in [9.17, 15) is 18.7 Å². The molecule has 0 aliphatic carbocycles. The van der Waals surface area contributed by atoms with Crippen LogP contribution in [0.5, 0.6) is 0 Å². The number of hydrogen-bond donors (Lipinski definition) is 1. The summed E-state index contributed by atoms with van der Waals surface area (Å²) >= 11 is 0. The zero-order valence-electron chi connectivity index (χ0n) is 8.96. The Labute approximate surface area is 91.7 Å². The summed E-state index contributed by atoms with van der Waals surface area (Å²) in [6, 6.07) is 2.29. The van der Waals surface area contributed by atoms with Gasteiger partial charge in [-0.05, 0) is 24.1 Å². The van der Waals surface area contributed by atoms with Gasteiger partial charge in [0.25, 0.3) is 0 Å². The van der Waals surface area contributed by atoms with E-state index in [1.165, 1.54) is 13.0 Å². The molecule has 0 aromatic heterocycles. The van der Waals surface area contributed by atoms with Crippen molar-refractivity contribution < 1.29 is 23.4 Å². The van der Waals surface area contributed by atoms with Crippen LogP contribution in [0.25, 0.3) is 0 Å². The molecule has 0 spiro atoms. The first kappa shape index (κ1) is 12.6. The van der Waals surface area contributed by atoms with Crippen molar-refractivity contribution in [2.24, 2.45) is 0 Å².